The molecule has 0 spiro atoms. The van der Waals surface area contributed by atoms with Crippen LogP contribution >= 0.6 is 0 Å². The molecule has 23 heavy (non-hydrogen) atoms. The summed E-state index contributed by atoms with van der Waals surface area (Å²) in [6, 6.07) is 17.7. The fourth-order valence-electron chi connectivity index (χ4n) is 2.98. The van der Waals surface area contributed by atoms with Crippen LogP contribution in [0.1, 0.15) is 30.4 Å². The summed E-state index contributed by atoms with van der Waals surface area (Å²) in [4.78, 5) is 12.4. The van der Waals surface area contributed by atoms with Gasteiger partial charge in [0.1, 0.15) is 11.5 Å². The van der Waals surface area contributed by atoms with Crippen LogP contribution in [0, 0.1) is 5.92 Å². The monoisotopic (exact) mass is 308 g/mol. The largest absolute Gasteiger partial charge is 0.497 e. The lowest BCUT2D eigenvalue weighted by Gasteiger charge is -2.28. The first kappa shape index (κ1) is 15.3. The maximum atomic E-state index is 12.4. The highest BCUT2D eigenvalue weighted by atomic mass is 16.5. The van der Waals surface area contributed by atoms with Gasteiger partial charge >= 0.3 is 5.97 Å². The first-order valence-corrected chi connectivity index (χ1v) is 7.85. The average molecular weight is 308 g/mol. The van der Waals surface area contributed by atoms with Gasteiger partial charge in [-0.2, -0.15) is 0 Å². The highest BCUT2D eigenvalue weighted by Gasteiger charge is 2.33. The number of allylic oxidation sites excluding steroid dienone is 1. The predicted octanol–water partition coefficient (Wildman–Crippen LogP) is 4.40. The van der Waals surface area contributed by atoms with Crippen molar-refractivity contribution in [3.63, 3.8) is 0 Å². The van der Waals surface area contributed by atoms with Gasteiger partial charge in [0.2, 0.25) is 0 Å². The SMILES string of the molecule is CC[C@@H]1C(=O)OC(c2ccc(OC)cc2)=C[C@H]1c1ccccc1. The topological polar surface area (TPSA) is 35.5 Å². The van der Waals surface area contributed by atoms with Crippen molar-refractivity contribution in [2.24, 2.45) is 5.92 Å². The summed E-state index contributed by atoms with van der Waals surface area (Å²) in [6.07, 6.45) is 2.82. The summed E-state index contributed by atoms with van der Waals surface area (Å²) in [5.41, 5.74) is 2.02. The highest BCUT2D eigenvalue weighted by molar-refractivity contribution is 5.84. The molecule has 2 aromatic rings. The Hall–Kier alpha value is -2.55. The summed E-state index contributed by atoms with van der Waals surface area (Å²) in [6.45, 7) is 2.02. The molecule has 1 heterocycles. The van der Waals surface area contributed by atoms with E-state index in [2.05, 4.69) is 18.2 Å². The van der Waals surface area contributed by atoms with Crippen LogP contribution in [0.2, 0.25) is 0 Å². The molecule has 0 unspecified atom stereocenters. The van der Waals surface area contributed by atoms with Gasteiger partial charge in [0, 0.05) is 11.5 Å². The van der Waals surface area contributed by atoms with Crippen molar-refractivity contribution in [1.82, 2.24) is 0 Å². The second-order valence-corrected chi connectivity index (χ2v) is 5.63. The van der Waals surface area contributed by atoms with E-state index < -0.39 is 0 Å². The Morgan fingerprint density at radius 3 is 2.35 bits per heavy atom. The number of ether oxygens (including phenoxy) is 2. The number of esters is 1. The Morgan fingerprint density at radius 2 is 1.74 bits per heavy atom. The van der Waals surface area contributed by atoms with Gasteiger partial charge in [-0.1, -0.05) is 37.3 Å². The van der Waals surface area contributed by atoms with Gasteiger partial charge in [-0.3, -0.25) is 4.79 Å². The summed E-state index contributed by atoms with van der Waals surface area (Å²) in [5, 5.41) is 0. The number of hydrogen-bond donors (Lipinski definition) is 0. The molecule has 2 aromatic carbocycles. The van der Waals surface area contributed by atoms with Gasteiger partial charge in [0.25, 0.3) is 0 Å². The van der Waals surface area contributed by atoms with Crippen molar-refractivity contribution in [3.8, 4) is 5.75 Å². The molecule has 0 aromatic heterocycles. The number of hydrogen-bond acceptors (Lipinski definition) is 3. The quantitative estimate of drug-likeness (QED) is 0.785. The number of rotatable bonds is 4. The smallest absolute Gasteiger partial charge is 0.315 e. The molecule has 0 radical (unpaired) electrons. The normalized spacial score (nSPS) is 20.6. The Morgan fingerprint density at radius 1 is 1.04 bits per heavy atom. The van der Waals surface area contributed by atoms with Crippen LogP contribution < -0.4 is 4.74 Å². The lowest BCUT2D eigenvalue weighted by atomic mass is 9.82. The summed E-state index contributed by atoms with van der Waals surface area (Å²) in [5.74, 6) is 1.15. The molecule has 0 amide bonds. The second kappa shape index (κ2) is 6.69. The number of methoxy groups -OCH3 is 1. The highest BCUT2D eigenvalue weighted by Crippen LogP contribution is 2.37. The van der Waals surface area contributed by atoms with Gasteiger partial charge < -0.3 is 9.47 Å². The van der Waals surface area contributed by atoms with Gasteiger partial charge in [-0.15, -0.1) is 0 Å². The van der Waals surface area contributed by atoms with Crippen molar-refractivity contribution in [1.29, 1.82) is 0 Å². The fourth-order valence-corrected chi connectivity index (χ4v) is 2.98. The van der Waals surface area contributed by atoms with Crippen LogP contribution in [0.25, 0.3) is 5.76 Å². The van der Waals surface area contributed by atoms with E-state index in [-0.39, 0.29) is 17.8 Å². The van der Waals surface area contributed by atoms with Crippen LogP contribution in [-0.4, -0.2) is 13.1 Å². The Labute approximate surface area is 136 Å². The van der Waals surface area contributed by atoms with Crippen molar-refractivity contribution >= 4 is 11.7 Å². The Balaban J connectivity index is 1.99. The van der Waals surface area contributed by atoms with E-state index in [1.807, 2.05) is 49.4 Å². The third-order valence-corrected chi connectivity index (χ3v) is 4.28. The zero-order chi connectivity index (χ0) is 16.2. The molecule has 0 saturated heterocycles. The molecule has 0 bridgehead atoms. The van der Waals surface area contributed by atoms with E-state index in [0.29, 0.717) is 5.76 Å². The number of benzene rings is 2. The third kappa shape index (κ3) is 3.14. The van der Waals surface area contributed by atoms with Gasteiger partial charge in [0.05, 0.1) is 13.0 Å². The van der Waals surface area contributed by atoms with Crippen LogP contribution in [0.4, 0.5) is 0 Å². The van der Waals surface area contributed by atoms with Crippen LogP contribution in [0.15, 0.2) is 60.7 Å². The van der Waals surface area contributed by atoms with Crippen LogP contribution in [-0.2, 0) is 9.53 Å². The van der Waals surface area contributed by atoms with E-state index in [0.717, 1.165) is 23.3 Å². The van der Waals surface area contributed by atoms with E-state index in [1.165, 1.54) is 0 Å². The van der Waals surface area contributed by atoms with Crippen LogP contribution in [0.5, 0.6) is 5.75 Å². The number of carbonyl (C=O) groups is 1. The van der Waals surface area contributed by atoms with E-state index in [4.69, 9.17) is 9.47 Å². The summed E-state index contributed by atoms with van der Waals surface area (Å²) >= 11 is 0. The molecular weight excluding hydrogens is 288 g/mol. The lowest BCUT2D eigenvalue weighted by Crippen LogP contribution is -2.27. The molecule has 3 heteroatoms. The maximum Gasteiger partial charge on any atom is 0.315 e. The fraction of sp³-hybridized carbons (Fsp3) is 0.250. The zero-order valence-corrected chi connectivity index (χ0v) is 13.4. The molecule has 2 atom stereocenters. The van der Waals surface area contributed by atoms with Gasteiger partial charge in [0.15, 0.2) is 0 Å². The minimum absolute atomic E-state index is 0.0413. The molecule has 0 N–H and O–H groups in total. The van der Waals surface area contributed by atoms with E-state index >= 15 is 0 Å². The second-order valence-electron chi connectivity index (χ2n) is 5.63. The average Bonchev–Trinajstić information content (AvgIpc) is 2.62. The van der Waals surface area contributed by atoms with E-state index in [1.54, 1.807) is 7.11 Å². The Kier molecular flexibility index (Phi) is 4.47. The van der Waals surface area contributed by atoms with Crippen molar-refractivity contribution < 1.29 is 14.3 Å². The first-order chi connectivity index (χ1) is 11.2. The van der Waals surface area contributed by atoms with Gasteiger partial charge in [-0.25, -0.2) is 0 Å². The molecular formula is C20H20O3. The molecule has 0 aliphatic carbocycles. The van der Waals surface area contributed by atoms with Crippen molar-refractivity contribution in [2.75, 3.05) is 7.11 Å². The maximum absolute atomic E-state index is 12.4. The van der Waals surface area contributed by atoms with Gasteiger partial charge in [-0.05, 0) is 42.3 Å². The van der Waals surface area contributed by atoms with Crippen molar-refractivity contribution in [3.05, 3.63) is 71.8 Å². The molecule has 0 saturated carbocycles. The first-order valence-electron chi connectivity index (χ1n) is 7.85. The molecule has 1 aliphatic rings. The zero-order valence-electron chi connectivity index (χ0n) is 13.4. The predicted molar refractivity (Wildman–Crippen MR) is 90.0 cm³/mol. The van der Waals surface area contributed by atoms with Crippen LogP contribution in [0.3, 0.4) is 0 Å². The minimum atomic E-state index is -0.158. The lowest BCUT2D eigenvalue weighted by molar-refractivity contribution is -0.142. The standard InChI is InChI=1S/C20H20O3/c1-3-17-18(14-7-5-4-6-8-14)13-19(23-20(17)21)15-9-11-16(22-2)12-10-15/h4-13,17-18H,3H2,1-2H3/t17-,18-/m0/s1. The van der Waals surface area contributed by atoms with Crippen molar-refractivity contribution in [2.45, 2.75) is 19.3 Å². The summed E-state index contributed by atoms with van der Waals surface area (Å²) < 4.78 is 10.8. The number of carbonyl (C=O) groups excluding carboxylic acids is 1. The number of cyclic esters (lactones) is 1. The molecule has 118 valence electrons. The summed E-state index contributed by atoms with van der Waals surface area (Å²) in [7, 11) is 1.63. The molecule has 0 fully saturated rings. The Bertz CT molecular complexity index is 701. The minimum Gasteiger partial charge on any atom is -0.497 e. The third-order valence-electron chi connectivity index (χ3n) is 4.28. The molecule has 3 nitrogen and oxygen atoms in total. The molecule has 3 rings (SSSR count). The van der Waals surface area contributed by atoms with E-state index in [9.17, 15) is 4.79 Å². The molecule has 1 aliphatic heterocycles.